The lowest BCUT2D eigenvalue weighted by molar-refractivity contribution is 0.531. The maximum Gasteiger partial charge on any atom is 0.0380 e. The first-order valence-electron chi connectivity index (χ1n) is 11.0. The van der Waals surface area contributed by atoms with Crippen LogP contribution in [0, 0.1) is 5.92 Å². The molecular formula is C22H46Si. The number of hydrogen-bond acceptors (Lipinski definition) is 0. The summed E-state index contributed by atoms with van der Waals surface area (Å²) in [6.07, 6.45) is 23.6. The van der Waals surface area contributed by atoms with Crippen molar-refractivity contribution in [2.45, 2.75) is 136 Å². The summed E-state index contributed by atoms with van der Waals surface area (Å²) in [5.41, 5.74) is 0. The predicted octanol–water partition coefficient (Wildman–Crippen LogP) is 8.44. The normalized spacial score (nSPS) is 11.5. The minimum Gasteiger partial charge on any atom is -0.0654 e. The van der Waals surface area contributed by atoms with E-state index in [1.807, 2.05) is 0 Å². The fourth-order valence-electron chi connectivity index (χ4n) is 3.19. The Hall–Kier alpha value is 0.217. The van der Waals surface area contributed by atoms with Crippen LogP contribution in [-0.2, 0) is 0 Å². The Morgan fingerprint density at radius 3 is 1.22 bits per heavy atom. The fourth-order valence-corrected chi connectivity index (χ4v) is 4.47. The molecule has 0 saturated carbocycles. The predicted molar refractivity (Wildman–Crippen MR) is 110 cm³/mol. The van der Waals surface area contributed by atoms with Gasteiger partial charge in [-0.25, -0.2) is 0 Å². The Labute approximate surface area is 151 Å². The van der Waals surface area contributed by atoms with Gasteiger partial charge in [0, 0.05) is 9.52 Å². The molecule has 0 nitrogen and oxygen atoms in total. The van der Waals surface area contributed by atoms with E-state index < -0.39 is 0 Å². The van der Waals surface area contributed by atoms with Crippen molar-refractivity contribution in [3.8, 4) is 0 Å². The molecule has 138 valence electrons. The Bertz CT molecular complexity index is 200. The van der Waals surface area contributed by atoms with E-state index in [1.54, 1.807) is 0 Å². The molecule has 0 rings (SSSR count). The van der Waals surface area contributed by atoms with Crippen LogP contribution in [0.3, 0.4) is 0 Å². The highest BCUT2D eigenvalue weighted by Crippen LogP contribution is 2.14. The first-order chi connectivity index (χ1) is 11.3. The van der Waals surface area contributed by atoms with E-state index in [1.165, 1.54) is 124 Å². The van der Waals surface area contributed by atoms with Crippen LogP contribution in [0.25, 0.3) is 0 Å². The van der Waals surface area contributed by atoms with Gasteiger partial charge in [-0.2, -0.15) is 0 Å². The summed E-state index contributed by atoms with van der Waals surface area (Å²) in [5.74, 6) is 0.911. The summed E-state index contributed by atoms with van der Waals surface area (Å²) in [6, 6.07) is 2.95. The molecule has 0 spiro atoms. The Morgan fingerprint density at radius 2 is 0.870 bits per heavy atom. The van der Waals surface area contributed by atoms with Gasteiger partial charge in [0.1, 0.15) is 0 Å². The van der Waals surface area contributed by atoms with E-state index >= 15 is 0 Å². The third-order valence-electron chi connectivity index (χ3n) is 4.76. The molecule has 0 amide bonds. The Morgan fingerprint density at radius 1 is 0.522 bits per heavy atom. The van der Waals surface area contributed by atoms with Crippen molar-refractivity contribution in [1.82, 2.24) is 0 Å². The van der Waals surface area contributed by atoms with Crippen LogP contribution >= 0.6 is 0 Å². The Balaban J connectivity index is 2.95. The van der Waals surface area contributed by atoms with Gasteiger partial charge < -0.3 is 0 Å². The SMILES string of the molecule is CCCCCCCCCCCCCCCCCC[Si]CC(C)C. The molecule has 0 aliphatic rings. The van der Waals surface area contributed by atoms with Crippen LogP contribution in [-0.4, -0.2) is 9.52 Å². The summed E-state index contributed by atoms with van der Waals surface area (Å²) >= 11 is 0. The van der Waals surface area contributed by atoms with E-state index in [-0.39, 0.29) is 0 Å². The molecule has 0 bridgehead atoms. The van der Waals surface area contributed by atoms with Crippen LogP contribution in [0.2, 0.25) is 12.1 Å². The Kier molecular flexibility index (Phi) is 20.5. The zero-order valence-corrected chi connectivity index (χ0v) is 17.8. The monoisotopic (exact) mass is 338 g/mol. The zero-order valence-electron chi connectivity index (χ0n) is 16.8. The molecule has 0 atom stereocenters. The molecule has 0 fully saturated rings. The summed E-state index contributed by atoms with van der Waals surface area (Å²) in [5, 5.41) is 0. The van der Waals surface area contributed by atoms with Crippen molar-refractivity contribution in [2.75, 3.05) is 0 Å². The van der Waals surface area contributed by atoms with Crippen molar-refractivity contribution in [2.24, 2.45) is 5.92 Å². The molecule has 2 radical (unpaired) electrons. The van der Waals surface area contributed by atoms with Crippen LogP contribution in [0.15, 0.2) is 0 Å². The standard InChI is InChI=1S/C22H46Si/c1-4-5-6-7-8-9-10-11-12-13-14-15-16-17-18-19-20-23-21-22(2)3/h22H,4-21H2,1-3H3. The largest absolute Gasteiger partial charge is 0.0654 e. The number of hydrogen-bond donors (Lipinski definition) is 0. The second-order valence-corrected chi connectivity index (χ2v) is 9.31. The van der Waals surface area contributed by atoms with Crippen molar-refractivity contribution >= 4 is 9.52 Å². The summed E-state index contributed by atoms with van der Waals surface area (Å²) in [4.78, 5) is 0. The molecule has 0 unspecified atom stereocenters. The highest BCUT2D eigenvalue weighted by molar-refractivity contribution is 6.35. The summed E-state index contributed by atoms with van der Waals surface area (Å²) in [7, 11) is 1.22. The van der Waals surface area contributed by atoms with Crippen molar-refractivity contribution in [1.29, 1.82) is 0 Å². The van der Waals surface area contributed by atoms with Crippen LogP contribution in [0.5, 0.6) is 0 Å². The van der Waals surface area contributed by atoms with Gasteiger partial charge in [-0.3, -0.25) is 0 Å². The van der Waals surface area contributed by atoms with Gasteiger partial charge in [0.25, 0.3) is 0 Å². The molecule has 1 heteroatoms. The first-order valence-corrected chi connectivity index (χ1v) is 12.4. The van der Waals surface area contributed by atoms with Gasteiger partial charge in [0.05, 0.1) is 0 Å². The first kappa shape index (κ1) is 23.2. The molecule has 23 heavy (non-hydrogen) atoms. The lowest BCUT2D eigenvalue weighted by atomic mass is 10.0. The van der Waals surface area contributed by atoms with Crippen LogP contribution in [0.1, 0.15) is 124 Å². The molecule has 0 aliphatic carbocycles. The summed E-state index contributed by atoms with van der Waals surface area (Å²) in [6.45, 7) is 7.00. The van der Waals surface area contributed by atoms with Gasteiger partial charge in [-0.1, -0.05) is 136 Å². The molecule has 0 aromatic carbocycles. The number of unbranched alkanes of at least 4 members (excludes halogenated alkanes) is 15. The van der Waals surface area contributed by atoms with Gasteiger partial charge in [0.15, 0.2) is 0 Å². The van der Waals surface area contributed by atoms with Crippen LogP contribution < -0.4 is 0 Å². The molecule has 0 aliphatic heterocycles. The average Bonchev–Trinajstić information content (AvgIpc) is 2.53. The van der Waals surface area contributed by atoms with Gasteiger partial charge in [0.2, 0.25) is 0 Å². The second-order valence-electron chi connectivity index (χ2n) is 7.90. The van der Waals surface area contributed by atoms with E-state index in [0.717, 1.165) is 5.92 Å². The zero-order chi connectivity index (χ0) is 17.0. The minimum atomic E-state index is 0.911. The molecule has 0 aromatic rings. The molecule has 0 heterocycles. The molecule has 0 saturated heterocycles. The minimum absolute atomic E-state index is 0.911. The fraction of sp³-hybridized carbons (Fsp3) is 1.00. The average molecular weight is 339 g/mol. The van der Waals surface area contributed by atoms with Gasteiger partial charge in [-0.15, -0.1) is 0 Å². The van der Waals surface area contributed by atoms with E-state index in [4.69, 9.17) is 0 Å². The lowest BCUT2D eigenvalue weighted by Gasteiger charge is -2.04. The number of rotatable bonds is 19. The maximum atomic E-state index is 2.35. The third kappa shape index (κ3) is 22.2. The van der Waals surface area contributed by atoms with Crippen molar-refractivity contribution in [3.05, 3.63) is 0 Å². The lowest BCUT2D eigenvalue weighted by Crippen LogP contribution is -1.95. The smallest absolute Gasteiger partial charge is 0.0380 e. The van der Waals surface area contributed by atoms with Gasteiger partial charge >= 0.3 is 0 Å². The second kappa shape index (κ2) is 20.3. The van der Waals surface area contributed by atoms with E-state index in [9.17, 15) is 0 Å². The molecular weight excluding hydrogens is 292 g/mol. The van der Waals surface area contributed by atoms with Gasteiger partial charge in [-0.05, 0) is 5.92 Å². The van der Waals surface area contributed by atoms with E-state index in [0.29, 0.717) is 0 Å². The maximum absolute atomic E-state index is 2.35. The van der Waals surface area contributed by atoms with Crippen molar-refractivity contribution in [3.63, 3.8) is 0 Å². The van der Waals surface area contributed by atoms with Crippen molar-refractivity contribution < 1.29 is 0 Å². The highest BCUT2D eigenvalue weighted by Gasteiger charge is 1.96. The molecule has 0 aromatic heterocycles. The van der Waals surface area contributed by atoms with E-state index in [2.05, 4.69) is 20.8 Å². The highest BCUT2D eigenvalue weighted by atomic mass is 28.2. The molecule has 0 N–H and O–H groups in total. The quantitative estimate of drug-likeness (QED) is 0.164. The third-order valence-corrected chi connectivity index (χ3v) is 6.57. The van der Waals surface area contributed by atoms with Crippen LogP contribution in [0.4, 0.5) is 0 Å². The topological polar surface area (TPSA) is 0 Å². The summed E-state index contributed by atoms with van der Waals surface area (Å²) < 4.78 is 0.